The van der Waals surface area contributed by atoms with E-state index in [0.717, 1.165) is 11.1 Å². The average Bonchev–Trinajstić information content (AvgIpc) is 2.80. The van der Waals surface area contributed by atoms with Crippen LogP contribution in [-0.2, 0) is 11.3 Å². The van der Waals surface area contributed by atoms with E-state index >= 15 is 0 Å². The molecule has 1 N–H and O–H groups in total. The van der Waals surface area contributed by atoms with Crippen molar-refractivity contribution in [2.24, 2.45) is 0 Å². The Labute approximate surface area is 143 Å². The van der Waals surface area contributed by atoms with Gasteiger partial charge in [-0.2, -0.15) is 0 Å². The number of hydrogen-bond acceptors (Lipinski definition) is 3. The normalized spacial score (nSPS) is 11.0. The molecule has 0 aliphatic carbocycles. The summed E-state index contributed by atoms with van der Waals surface area (Å²) in [6.07, 6.45) is 1.70. The van der Waals surface area contributed by atoms with Crippen LogP contribution in [0, 0.1) is 13.8 Å². The molecule has 1 aromatic carbocycles. The number of carboxylic acids is 1. The van der Waals surface area contributed by atoms with E-state index in [-0.39, 0.29) is 5.56 Å². The van der Waals surface area contributed by atoms with Crippen LogP contribution in [0.1, 0.15) is 27.2 Å². The van der Waals surface area contributed by atoms with E-state index in [1.165, 1.54) is 0 Å². The molecule has 0 bridgehead atoms. The summed E-state index contributed by atoms with van der Waals surface area (Å²) in [6, 6.07) is 9.16. The van der Waals surface area contributed by atoms with Crippen molar-refractivity contribution in [3.63, 3.8) is 0 Å². The predicted octanol–water partition coefficient (Wildman–Crippen LogP) is 3.62. The standard InChI is InChI=1S/C18H15ClN2O3/c1-10-7-14-15(16(22)18(23)24)11(2)21(17(14)20-8-10)9-12-3-5-13(19)6-4-12/h3-8H,9H2,1-2H3,(H,23,24). The minimum Gasteiger partial charge on any atom is -0.475 e. The van der Waals surface area contributed by atoms with Gasteiger partial charge in [0.05, 0.1) is 5.56 Å². The molecule has 0 aliphatic heterocycles. The molecular weight excluding hydrogens is 328 g/mol. The number of carboxylic acid groups (broad SMARTS) is 1. The third-order valence-electron chi connectivity index (χ3n) is 3.97. The number of aromatic nitrogens is 2. The lowest BCUT2D eigenvalue weighted by atomic mass is 10.1. The Bertz CT molecular complexity index is 959. The van der Waals surface area contributed by atoms with E-state index in [0.29, 0.717) is 28.3 Å². The summed E-state index contributed by atoms with van der Waals surface area (Å²) >= 11 is 5.91. The van der Waals surface area contributed by atoms with Crippen molar-refractivity contribution < 1.29 is 14.7 Å². The monoisotopic (exact) mass is 342 g/mol. The number of halogens is 1. The smallest absolute Gasteiger partial charge is 0.377 e. The molecule has 0 spiro atoms. The third-order valence-corrected chi connectivity index (χ3v) is 4.22. The molecule has 0 amide bonds. The lowest BCUT2D eigenvalue weighted by molar-refractivity contribution is -0.131. The first-order chi connectivity index (χ1) is 11.4. The maximum absolute atomic E-state index is 12.1. The summed E-state index contributed by atoms with van der Waals surface area (Å²) in [7, 11) is 0. The van der Waals surface area contributed by atoms with Gasteiger partial charge >= 0.3 is 5.97 Å². The molecule has 0 fully saturated rings. The zero-order chi connectivity index (χ0) is 17.4. The number of pyridine rings is 1. The molecule has 3 aromatic rings. The first-order valence-electron chi connectivity index (χ1n) is 7.36. The van der Waals surface area contributed by atoms with Crippen LogP contribution in [0.25, 0.3) is 11.0 Å². The summed E-state index contributed by atoms with van der Waals surface area (Å²) in [6.45, 7) is 4.07. The van der Waals surface area contributed by atoms with Crippen molar-refractivity contribution in [3.05, 3.63) is 63.9 Å². The van der Waals surface area contributed by atoms with Crippen molar-refractivity contribution in [2.45, 2.75) is 20.4 Å². The van der Waals surface area contributed by atoms with E-state index in [4.69, 9.17) is 16.7 Å². The largest absolute Gasteiger partial charge is 0.475 e. The van der Waals surface area contributed by atoms with Gasteiger partial charge in [0.2, 0.25) is 0 Å². The molecule has 0 radical (unpaired) electrons. The number of rotatable bonds is 4. The van der Waals surface area contributed by atoms with E-state index in [2.05, 4.69) is 4.98 Å². The second kappa shape index (κ2) is 6.09. The zero-order valence-electron chi connectivity index (χ0n) is 13.2. The van der Waals surface area contributed by atoms with Gasteiger partial charge in [0.15, 0.2) is 0 Å². The molecule has 0 atom stereocenters. The van der Waals surface area contributed by atoms with Gasteiger partial charge in [-0.3, -0.25) is 4.79 Å². The number of carbonyl (C=O) groups excluding carboxylic acids is 1. The lowest BCUT2D eigenvalue weighted by Gasteiger charge is -2.08. The second-order valence-electron chi connectivity index (χ2n) is 5.69. The molecule has 122 valence electrons. The van der Waals surface area contributed by atoms with Crippen LogP contribution in [0.2, 0.25) is 5.02 Å². The molecule has 2 aromatic heterocycles. The molecule has 6 heteroatoms. The Morgan fingerprint density at radius 1 is 1.21 bits per heavy atom. The minimum absolute atomic E-state index is 0.197. The van der Waals surface area contributed by atoms with Crippen molar-refractivity contribution in [1.82, 2.24) is 9.55 Å². The number of aliphatic carboxylic acids is 1. The highest BCUT2D eigenvalue weighted by atomic mass is 35.5. The summed E-state index contributed by atoms with van der Waals surface area (Å²) < 4.78 is 1.86. The third kappa shape index (κ3) is 2.78. The number of benzene rings is 1. The number of hydrogen-bond donors (Lipinski definition) is 1. The van der Waals surface area contributed by atoms with Gasteiger partial charge in [-0.15, -0.1) is 0 Å². The highest BCUT2D eigenvalue weighted by Gasteiger charge is 2.25. The molecule has 3 rings (SSSR count). The van der Waals surface area contributed by atoms with Gasteiger partial charge in [0, 0.05) is 28.8 Å². The second-order valence-corrected chi connectivity index (χ2v) is 6.13. The van der Waals surface area contributed by atoms with Crippen LogP contribution in [0.3, 0.4) is 0 Å². The zero-order valence-corrected chi connectivity index (χ0v) is 14.0. The van der Waals surface area contributed by atoms with Gasteiger partial charge in [0.25, 0.3) is 5.78 Å². The van der Waals surface area contributed by atoms with Crippen LogP contribution in [-0.4, -0.2) is 26.4 Å². The molecule has 0 saturated carbocycles. The van der Waals surface area contributed by atoms with Gasteiger partial charge in [-0.1, -0.05) is 23.7 Å². The topological polar surface area (TPSA) is 72.2 Å². The summed E-state index contributed by atoms with van der Waals surface area (Å²) in [5.74, 6) is -2.38. The number of Topliss-reactive ketones (excluding diaryl/α,β-unsaturated/α-hetero) is 1. The Morgan fingerprint density at radius 3 is 2.50 bits per heavy atom. The lowest BCUT2D eigenvalue weighted by Crippen LogP contribution is -2.14. The van der Waals surface area contributed by atoms with E-state index in [9.17, 15) is 9.59 Å². The van der Waals surface area contributed by atoms with Crippen molar-refractivity contribution in [2.75, 3.05) is 0 Å². The number of aryl methyl sites for hydroxylation is 1. The van der Waals surface area contributed by atoms with Crippen molar-refractivity contribution >= 4 is 34.4 Å². The summed E-state index contributed by atoms with van der Waals surface area (Å²) in [4.78, 5) is 27.7. The first kappa shape index (κ1) is 16.2. The van der Waals surface area contributed by atoms with Crippen LogP contribution in [0.15, 0.2) is 36.5 Å². The number of fused-ring (bicyclic) bond motifs is 1. The number of carbonyl (C=O) groups is 2. The molecule has 0 aliphatic rings. The maximum Gasteiger partial charge on any atom is 0.377 e. The highest BCUT2D eigenvalue weighted by molar-refractivity contribution is 6.42. The molecule has 2 heterocycles. The Hall–Kier alpha value is -2.66. The summed E-state index contributed by atoms with van der Waals surface area (Å²) in [5, 5.41) is 10.3. The highest BCUT2D eigenvalue weighted by Crippen LogP contribution is 2.27. The van der Waals surface area contributed by atoms with Crippen molar-refractivity contribution in [3.8, 4) is 0 Å². The Kier molecular flexibility index (Phi) is 4.11. The summed E-state index contributed by atoms with van der Waals surface area (Å²) in [5.41, 5.74) is 3.23. The van der Waals surface area contributed by atoms with Gasteiger partial charge in [-0.05, 0) is 43.2 Å². The molecule has 0 unspecified atom stereocenters. The maximum atomic E-state index is 12.1. The van der Waals surface area contributed by atoms with Gasteiger partial charge < -0.3 is 9.67 Å². The van der Waals surface area contributed by atoms with Crippen LogP contribution < -0.4 is 0 Å². The van der Waals surface area contributed by atoms with Crippen LogP contribution >= 0.6 is 11.6 Å². The molecular formula is C18H15ClN2O3. The molecule has 0 saturated heterocycles. The van der Waals surface area contributed by atoms with Gasteiger partial charge in [-0.25, -0.2) is 9.78 Å². The fourth-order valence-electron chi connectivity index (χ4n) is 2.81. The molecule has 5 nitrogen and oxygen atoms in total. The number of nitrogens with zero attached hydrogens (tertiary/aromatic N) is 2. The quantitative estimate of drug-likeness (QED) is 0.580. The van der Waals surface area contributed by atoms with E-state index in [1.54, 1.807) is 31.3 Å². The van der Waals surface area contributed by atoms with Crippen LogP contribution in [0.4, 0.5) is 0 Å². The predicted molar refractivity (Wildman–Crippen MR) is 91.7 cm³/mol. The van der Waals surface area contributed by atoms with E-state index < -0.39 is 11.8 Å². The fraction of sp³-hybridized carbons (Fsp3) is 0.167. The minimum atomic E-state index is -1.47. The van der Waals surface area contributed by atoms with E-state index in [1.807, 2.05) is 23.6 Å². The first-order valence-corrected chi connectivity index (χ1v) is 7.73. The van der Waals surface area contributed by atoms with Crippen LogP contribution in [0.5, 0.6) is 0 Å². The average molecular weight is 343 g/mol. The van der Waals surface area contributed by atoms with Gasteiger partial charge in [0.1, 0.15) is 5.65 Å². The Balaban J connectivity index is 2.20. The SMILES string of the molecule is Cc1cnc2c(c1)c(C(=O)C(=O)O)c(C)n2Cc1ccc(Cl)cc1. The number of ketones is 1. The molecule has 24 heavy (non-hydrogen) atoms. The Morgan fingerprint density at radius 2 is 1.88 bits per heavy atom. The fourth-order valence-corrected chi connectivity index (χ4v) is 2.94. The van der Waals surface area contributed by atoms with Crippen molar-refractivity contribution in [1.29, 1.82) is 0 Å².